The Labute approximate surface area is 107 Å². The van der Waals surface area contributed by atoms with Crippen molar-refractivity contribution >= 4 is 11.0 Å². The molecule has 3 aromatic rings. The van der Waals surface area contributed by atoms with Crippen LogP contribution < -0.4 is 0 Å². The third kappa shape index (κ3) is 2.21. The van der Waals surface area contributed by atoms with Crippen molar-refractivity contribution in [2.75, 3.05) is 0 Å². The van der Waals surface area contributed by atoms with Crippen molar-refractivity contribution in [3.63, 3.8) is 0 Å². The highest BCUT2D eigenvalue weighted by molar-refractivity contribution is 5.83. The lowest BCUT2D eigenvalue weighted by atomic mass is 10.0. The number of rotatable bonds is 1. The monoisotopic (exact) mass is 262 g/mol. The van der Waals surface area contributed by atoms with Crippen molar-refractivity contribution < 1.29 is 17.6 Å². The fourth-order valence-corrected chi connectivity index (χ4v) is 1.99. The van der Waals surface area contributed by atoms with E-state index in [0.29, 0.717) is 0 Å². The number of fused-ring (bicyclic) bond motifs is 1. The van der Waals surface area contributed by atoms with Crippen molar-refractivity contribution in [1.29, 1.82) is 0 Å². The minimum absolute atomic E-state index is 0.643. The van der Waals surface area contributed by atoms with E-state index in [9.17, 15) is 13.2 Å². The number of halogens is 3. The van der Waals surface area contributed by atoms with Gasteiger partial charge in [-0.1, -0.05) is 24.3 Å². The van der Waals surface area contributed by atoms with Crippen LogP contribution in [0.5, 0.6) is 0 Å². The Morgan fingerprint density at radius 3 is 2.16 bits per heavy atom. The average Bonchev–Trinajstić information content (AvgIpc) is 2.85. The molecule has 96 valence electrons. The predicted octanol–water partition coefficient (Wildman–Crippen LogP) is 5.12. The molecule has 1 aromatic heterocycles. The van der Waals surface area contributed by atoms with Crippen LogP contribution in [0.4, 0.5) is 13.2 Å². The highest BCUT2D eigenvalue weighted by Gasteiger charge is 2.29. The summed E-state index contributed by atoms with van der Waals surface area (Å²) in [5, 5.41) is 0.968. The Morgan fingerprint density at radius 2 is 1.47 bits per heavy atom. The number of benzene rings is 2. The van der Waals surface area contributed by atoms with Gasteiger partial charge in [0.1, 0.15) is 5.58 Å². The zero-order valence-electron chi connectivity index (χ0n) is 9.74. The summed E-state index contributed by atoms with van der Waals surface area (Å²) in [5.74, 6) is 0. The van der Waals surface area contributed by atoms with E-state index < -0.39 is 11.7 Å². The van der Waals surface area contributed by atoms with Gasteiger partial charge < -0.3 is 4.42 Å². The zero-order valence-corrected chi connectivity index (χ0v) is 9.74. The highest BCUT2D eigenvalue weighted by Crippen LogP contribution is 2.31. The van der Waals surface area contributed by atoms with E-state index in [1.54, 1.807) is 6.26 Å². The van der Waals surface area contributed by atoms with Crippen molar-refractivity contribution in [3.05, 3.63) is 60.4 Å². The Bertz CT molecular complexity index is 708. The highest BCUT2D eigenvalue weighted by atomic mass is 19.4. The standard InChI is InChI=1S/C15H9F3O/c16-15(17,18)13-5-3-10(4-6-13)12-2-1-11-7-8-19-14(11)9-12/h1-9H. The molecular formula is C15H9F3O. The second-order valence-electron chi connectivity index (χ2n) is 4.25. The molecule has 0 radical (unpaired) electrons. The predicted molar refractivity (Wildman–Crippen MR) is 66.7 cm³/mol. The van der Waals surface area contributed by atoms with E-state index in [2.05, 4.69) is 0 Å². The van der Waals surface area contributed by atoms with Gasteiger partial charge in [-0.05, 0) is 35.4 Å². The first-order valence-corrected chi connectivity index (χ1v) is 5.69. The van der Waals surface area contributed by atoms with E-state index in [4.69, 9.17) is 4.42 Å². The van der Waals surface area contributed by atoms with E-state index in [-0.39, 0.29) is 0 Å². The first-order valence-electron chi connectivity index (χ1n) is 5.69. The van der Waals surface area contributed by atoms with Gasteiger partial charge >= 0.3 is 6.18 Å². The molecule has 0 saturated carbocycles. The molecule has 1 heterocycles. The van der Waals surface area contributed by atoms with E-state index in [1.165, 1.54) is 12.1 Å². The molecule has 2 aromatic carbocycles. The Balaban J connectivity index is 2.01. The van der Waals surface area contributed by atoms with Gasteiger partial charge in [-0.2, -0.15) is 13.2 Å². The summed E-state index contributed by atoms with van der Waals surface area (Å²) in [7, 11) is 0. The molecule has 0 aliphatic heterocycles. The first-order chi connectivity index (χ1) is 9.04. The molecule has 0 amide bonds. The van der Waals surface area contributed by atoms with Crippen LogP contribution in [0.2, 0.25) is 0 Å². The lowest BCUT2D eigenvalue weighted by Gasteiger charge is -2.07. The average molecular weight is 262 g/mol. The number of hydrogen-bond donors (Lipinski definition) is 0. The third-order valence-electron chi connectivity index (χ3n) is 3.00. The molecule has 4 heteroatoms. The van der Waals surface area contributed by atoms with Gasteiger partial charge in [0.15, 0.2) is 0 Å². The van der Waals surface area contributed by atoms with Crippen LogP contribution in [0.3, 0.4) is 0 Å². The normalized spacial score (nSPS) is 11.9. The topological polar surface area (TPSA) is 13.1 Å². The molecule has 0 fully saturated rings. The molecular weight excluding hydrogens is 253 g/mol. The summed E-state index contributed by atoms with van der Waals surface area (Å²) in [6.45, 7) is 0. The molecule has 0 N–H and O–H groups in total. The summed E-state index contributed by atoms with van der Waals surface area (Å²) >= 11 is 0. The van der Waals surface area contributed by atoms with Crippen LogP contribution in [-0.4, -0.2) is 0 Å². The Morgan fingerprint density at radius 1 is 0.789 bits per heavy atom. The maximum absolute atomic E-state index is 12.5. The number of furan rings is 1. The lowest BCUT2D eigenvalue weighted by molar-refractivity contribution is -0.137. The number of alkyl halides is 3. The third-order valence-corrected chi connectivity index (χ3v) is 3.00. The molecule has 0 aliphatic rings. The van der Waals surface area contributed by atoms with Gasteiger partial charge in [0.25, 0.3) is 0 Å². The van der Waals surface area contributed by atoms with Crippen molar-refractivity contribution in [2.45, 2.75) is 6.18 Å². The Hall–Kier alpha value is -2.23. The van der Waals surface area contributed by atoms with Gasteiger partial charge in [-0.15, -0.1) is 0 Å². The van der Waals surface area contributed by atoms with Gasteiger partial charge in [0.2, 0.25) is 0 Å². The van der Waals surface area contributed by atoms with Crippen molar-refractivity contribution in [2.24, 2.45) is 0 Å². The first kappa shape index (κ1) is 11.8. The SMILES string of the molecule is FC(F)(F)c1ccc(-c2ccc3ccoc3c2)cc1. The second-order valence-corrected chi connectivity index (χ2v) is 4.25. The molecule has 19 heavy (non-hydrogen) atoms. The number of hydrogen-bond acceptors (Lipinski definition) is 1. The van der Waals surface area contributed by atoms with Gasteiger partial charge in [-0.3, -0.25) is 0 Å². The minimum Gasteiger partial charge on any atom is -0.464 e. The van der Waals surface area contributed by atoms with Crippen LogP contribution in [0, 0.1) is 0 Å². The fourth-order valence-electron chi connectivity index (χ4n) is 1.99. The minimum atomic E-state index is -4.30. The van der Waals surface area contributed by atoms with Crippen LogP contribution >= 0.6 is 0 Å². The van der Waals surface area contributed by atoms with Crippen molar-refractivity contribution in [3.8, 4) is 11.1 Å². The summed E-state index contributed by atoms with van der Waals surface area (Å²) in [4.78, 5) is 0. The van der Waals surface area contributed by atoms with Crippen LogP contribution in [0.15, 0.2) is 59.2 Å². The molecule has 0 bridgehead atoms. The van der Waals surface area contributed by atoms with Crippen molar-refractivity contribution in [1.82, 2.24) is 0 Å². The van der Waals surface area contributed by atoms with Gasteiger partial charge in [0, 0.05) is 5.39 Å². The molecule has 3 rings (SSSR count). The quantitative estimate of drug-likeness (QED) is 0.593. The van der Waals surface area contributed by atoms with E-state index in [1.807, 2.05) is 24.3 Å². The molecule has 0 spiro atoms. The lowest BCUT2D eigenvalue weighted by Crippen LogP contribution is -2.03. The van der Waals surface area contributed by atoms with Crippen LogP contribution in [0.1, 0.15) is 5.56 Å². The zero-order chi connectivity index (χ0) is 13.5. The molecule has 0 unspecified atom stereocenters. The van der Waals surface area contributed by atoms with E-state index >= 15 is 0 Å². The molecule has 0 saturated heterocycles. The molecule has 0 aliphatic carbocycles. The van der Waals surface area contributed by atoms with Crippen LogP contribution in [-0.2, 0) is 6.18 Å². The smallest absolute Gasteiger partial charge is 0.416 e. The van der Waals surface area contributed by atoms with Crippen LogP contribution in [0.25, 0.3) is 22.1 Å². The molecule has 1 nitrogen and oxygen atoms in total. The Kier molecular flexibility index (Phi) is 2.59. The van der Waals surface area contributed by atoms with E-state index in [0.717, 1.165) is 34.2 Å². The summed E-state index contributed by atoms with van der Waals surface area (Å²) in [6.07, 6.45) is -2.72. The maximum atomic E-state index is 12.5. The molecule has 0 atom stereocenters. The fraction of sp³-hybridized carbons (Fsp3) is 0.0667. The second kappa shape index (κ2) is 4.16. The summed E-state index contributed by atoms with van der Waals surface area (Å²) < 4.78 is 42.7. The van der Waals surface area contributed by atoms with Gasteiger partial charge in [0.05, 0.1) is 11.8 Å². The maximum Gasteiger partial charge on any atom is 0.416 e. The van der Waals surface area contributed by atoms with Gasteiger partial charge in [-0.25, -0.2) is 0 Å². The summed E-state index contributed by atoms with van der Waals surface area (Å²) in [6, 6.07) is 12.5. The summed E-state index contributed by atoms with van der Waals surface area (Å²) in [5.41, 5.74) is 1.63. The largest absolute Gasteiger partial charge is 0.464 e.